The van der Waals surface area contributed by atoms with Gasteiger partial charge in [-0.05, 0) is 198 Å². The molecule has 0 aromatic carbocycles. The van der Waals surface area contributed by atoms with E-state index in [1.807, 2.05) is 0 Å². The first-order valence-electron chi connectivity index (χ1n) is 18.1. The fourth-order valence-electron chi connectivity index (χ4n) is 13.5. The number of unbranched alkanes of at least 4 members (excludes halogenated alkanes) is 1. The first kappa shape index (κ1) is 36.5. The fourth-order valence-corrected chi connectivity index (χ4v) is 25.7. The summed E-state index contributed by atoms with van der Waals surface area (Å²) < 4.78 is 39.0. The summed E-state index contributed by atoms with van der Waals surface area (Å²) in [5.41, 5.74) is 0. The molecule has 0 aromatic heterocycles. The Labute approximate surface area is 266 Å². The van der Waals surface area contributed by atoms with E-state index in [1.54, 1.807) is 89.6 Å². The highest BCUT2D eigenvalue weighted by atomic mass is 31.1. The zero-order chi connectivity index (χ0) is 32.2. The van der Waals surface area contributed by atoms with E-state index in [2.05, 4.69) is 69.2 Å². The van der Waals surface area contributed by atoms with Crippen molar-refractivity contribution < 1.29 is 17.3 Å². The Bertz CT molecular complexity index is 772. The highest BCUT2D eigenvalue weighted by molar-refractivity contribution is 7.62. The molecule has 0 aliphatic heterocycles. The first-order valence-corrected chi connectivity index (χ1v) is 21.1. The molecule has 43 heavy (non-hydrogen) atoms. The van der Waals surface area contributed by atoms with Gasteiger partial charge in [-0.2, -0.15) is 0 Å². The van der Waals surface area contributed by atoms with Gasteiger partial charge in [-0.1, -0.05) is 21.3 Å². The van der Waals surface area contributed by atoms with Crippen molar-refractivity contribution in [3.05, 3.63) is 0 Å². The molecule has 0 unspecified atom stereocenters. The van der Waals surface area contributed by atoms with Gasteiger partial charge in [0.15, 0.2) is 0 Å². The Balaban J connectivity index is 0.000000200. The van der Waals surface area contributed by atoms with Crippen molar-refractivity contribution in [2.24, 2.45) is 35.5 Å². The van der Waals surface area contributed by atoms with E-state index < -0.39 is 15.2 Å². The molecule has 8 aliphatic rings. The minimum absolute atomic E-state index is 0.285. The van der Waals surface area contributed by atoms with Crippen molar-refractivity contribution >= 4 is 23.1 Å². The van der Waals surface area contributed by atoms with E-state index in [0.29, 0.717) is 15.5 Å². The Kier molecular flexibility index (Phi) is 11.0. The zero-order valence-electron chi connectivity index (χ0n) is 29.6. The molecule has 0 N–H and O–H groups in total. The maximum atomic E-state index is 9.75. The van der Waals surface area contributed by atoms with Gasteiger partial charge in [-0.25, -0.2) is 0 Å². The van der Waals surface area contributed by atoms with Crippen molar-refractivity contribution in [3.8, 4) is 0 Å². The smallest absolute Gasteiger partial charge is 0.418 e. The molecular weight excluding hydrogens is 581 g/mol. The Morgan fingerprint density at radius 1 is 0.558 bits per heavy atom. The lowest BCUT2D eigenvalue weighted by Gasteiger charge is -2.67. The van der Waals surface area contributed by atoms with Gasteiger partial charge in [0.2, 0.25) is 0 Å². The SMILES string of the molecule is CC(C)(C)[PH+](C(C)(C)C)C(C)(C)C.CCCCP(C12CC3CC(CC(C3)C1)C2)C12CC3CC(CC(C3)C1)C2.F[B-](F)(F)F. The van der Waals surface area contributed by atoms with Crippen LogP contribution in [0.15, 0.2) is 0 Å². The van der Waals surface area contributed by atoms with Gasteiger partial charge < -0.3 is 17.3 Å². The predicted molar refractivity (Wildman–Crippen MR) is 186 cm³/mol. The Morgan fingerprint density at radius 2 is 0.791 bits per heavy atom. The average Bonchev–Trinajstić information content (AvgIpc) is 2.73. The second-order valence-electron chi connectivity index (χ2n) is 19.4. The van der Waals surface area contributed by atoms with Gasteiger partial charge in [0.05, 0.1) is 15.5 Å². The van der Waals surface area contributed by atoms with Gasteiger partial charge in [-0.3, -0.25) is 0 Å². The molecule has 0 atom stereocenters. The highest BCUT2D eigenvalue weighted by Crippen LogP contribution is 2.79. The molecule has 8 fully saturated rings. The second kappa shape index (κ2) is 12.9. The van der Waals surface area contributed by atoms with E-state index in [4.69, 9.17) is 0 Å². The number of hydrogen-bond acceptors (Lipinski definition) is 0. The molecule has 0 spiro atoms. The standard InChI is InChI=1S/C24H39P.C12H27P.BF4/c1-2-3-4-25(23-11-17-5-18(12-23)7-19(6-17)13-23)24-14-20-8-21(15-24)10-22(9-20)16-24;1-10(2,3)13(11(4,5)6)12(7,8)9;2-1(3,4)5/h17-22H,2-16H2,1H3;1-9H3;/q;;-1/p+1. The van der Waals surface area contributed by atoms with Crippen LogP contribution in [0, 0.1) is 35.5 Å². The predicted octanol–water partition coefficient (Wildman–Crippen LogP) is 13.1. The first-order chi connectivity index (χ1) is 19.5. The quantitative estimate of drug-likeness (QED) is 0.158. The molecule has 0 heterocycles. The van der Waals surface area contributed by atoms with Crippen LogP contribution in [0.2, 0.25) is 0 Å². The lowest BCUT2D eigenvalue weighted by Crippen LogP contribution is -2.56. The van der Waals surface area contributed by atoms with Gasteiger partial charge in [0.25, 0.3) is 0 Å². The molecule has 0 saturated heterocycles. The summed E-state index contributed by atoms with van der Waals surface area (Å²) in [6.07, 6.45) is 24.6. The largest absolute Gasteiger partial charge is 0.673 e. The van der Waals surface area contributed by atoms with E-state index >= 15 is 0 Å². The minimum atomic E-state index is -6.00. The molecule has 8 aliphatic carbocycles. The summed E-state index contributed by atoms with van der Waals surface area (Å²) in [6, 6.07) is 0. The number of rotatable bonds is 5. The van der Waals surface area contributed by atoms with Crippen LogP contribution in [-0.2, 0) is 0 Å². The fraction of sp³-hybridized carbons (Fsp3) is 1.00. The molecule has 0 aromatic rings. The summed E-state index contributed by atoms with van der Waals surface area (Å²) in [7, 11) is -6.11. The van der Waals surface area contributed by atoms with Gasteiger partial charge in [0.1, 0.15) is 0 Å². The van der Waals surface area contributed by atoms with Crippen LogP contribution in [0.3, 0.4) is 0 Å². The second-order valence-corrected chi connectivity index (χ2v) is 27.9. The molecule has 8 rings (SSSR count). The van der Waals surface area contributed by atoms with E-state index in [0.717, 1.165) is 45.8 Å². The molecule has 0 radical (unpaired) electrons. The van der Waals surface area contributed by atoms with E-state index in [9.17, 15) is 17.3 Å². The van der Waals surface area contributed by atoms with Gasteiger partial charge in [0, 0.05) is 7.92 Å². The third-order valence-electron chi connectivity index (χ3n) is 12.1. The van der Waals surface area contributed by atoms with Gasteiger partial charge in [-0.15, -0.1) is 0 Å². The molecule has 8 saturated carbocycles. The average molecular weight is 649 g/mol. The van der Waals surface area contributed by atoms with Gasteiger partial charge >= 0.3 is 7.25 Å². The van der Waals surface area contributed by atoms with Crippen LogP contribution in [0.4, 0.5) is 17.3 Å². The summed E-state index contributed by atoms with van der Waals surface area (Å²) in [5, 5.41) is 3.22. The summed E-state index contributed by atoms with van der Waals surface area (Å²) in [6.45, 7) is 24.1. The van der Waals surface area contributed by atoms with Crippen LogP contribution >= 0.6 is 15.8 Å². The molecule has 0 nitrogen and oxygen atoms in total. The van der Waals surface area contributed by atoms with Crippen LogP contribution in [0.25, 0.3) is 0 Å². The summed E-state index contributed by atoms with van der Waals surface area (Å²) in [4.78, 5) is 0. The monoisotopic (exact) mass is 648 g/mol. The lowest BCUT2D eigenvalue weighted by molar-refractivity contribution is 0.0185. The normalized spacial score (nSPS) is 38.9. The molecule has 0 amide bonds. The molecule has 7 heteroatoms. The third kappa shape index (κ3) is 8.97. The van der Waals surface area contributed by atoms with Crippen molar-refractivity contribution in [2.75, 3.05) is 6.16 Å². The summed E-state index contributed by atoms with van der Waals surface area (Å²) >= 11 is 0. The molecule has 8 bridgehead atoms. The van der Waals surface area contributed by atoms with E-state index in [-0.39, 0.29) is 7.92 Å². The van der Waals surface area contributed by atoms with E-state index in [1.165, 1.54) is 6.42 Å². The van der Waals surface area contributed by atoms with Crippen molar-refractivity contribution in [1.82, 2.24) is 0 Å². The minimum Gasteiger partial charge on any atom is -0.418 e. The number of halogens is 4. The number of hydrogen-bond donors (Lipinski definition) is 0. The topological polar surface area (TPSA) is 0 Å². The van der Waals surface area contributed by atoms with Crippen LogP contribution in [0.1, 0.15) is 159 Å². The maximum Gasteiger partial charge on any atom is 0.673 e. The zero-order valence-corrected chi connectivity index (χ0v) is 31.5. The Hall–Kier alpha value is 0.645. The van der Waals surface area contributed by atoms with Crippen molar-refractivity contribution in [3.63, 3.8) is 0 Å². The molecular formula is C36H67BF4P2. The van der Waals surface area contributed by atoms with Crippen molar-refractivity contribution in [1.29, 1.82) is 0 Å². The Morgan fingerprint density at radius 3 is 0.953 bits per heavy atom. The van der Waals surface area contributed by atoms with Crippen molar-refractivity contribution in [2.45, 2.75) is 185 Å². The summed E-state index contributed by atoms with van der Waals surface area (Å²) in [5.74, 6) is 6.95. The highest BCUT2D eigenvalue weighted by Gasteiger charge is 2.62. The van der Waals surface area contributed by atoms with Crippen LogP contribution in [-0.4, -0.2) is 39.2 Å². The van der Waals surface area contributed by atoms with Crippen LogP contribution in [0.5, 0.6) is 0 Å². The third-order valence-corrected chi connectivity index (χ3v) is 20.8. The lowest BCUT2D eigenvalue weighted by atomic mass is 9.55. The molecule has 252 valence electrons. The van der Waals surface area contributed by atoms with Crippen LogP contribution < -0.4 is 0 Å². The maximum absolute atomic E-state index is 9.75.